The number of aliphatic hydroxyl groups excluding tert-OH is 1. The van der Waals surface area contributed by atoms with E-state index in [-0.39, 0.29) is 12.2 Å². The zero-order valence-corrected chi connectivity index (χ0v) is 10.8. The van der Waals surface area contributed by atoms with Crippen molar-refractivity contribution < 1.29 is 23.4 Å². The quantitative estimate of drug-likeness (QED) is 0.914. The van der Waals surface area contributed by atoms with Gasteiger partial charge in [-0.05, 0) is 42.0 Å². The zero-order chi connectivity index (χ0) is 14.5. The molecule has 0 saturated carbocycles. The Labute approximate surface area is 115 Å². The fraction of sp³-hybridized carbons (Fsp3) is 0.200. The van der Waals surface area contributed by atoms with Crippen molar-refractivity contribution in [3.8, 4) is 11.5 Å². The highest BCUT2D eigenvalue weighted by atomic mass is 19.2. The summed E-state index contributed by atoms with van der Waals surface area (Å²) in [7, 11) is 1.56. The number of ether oxygens (including phenoxy) is 2. The Hall–Kier alpha value is -2.14. The molecule has 0 bridgehead atoms. The van der Waals surface area contributed by atoms with Crippen molar-refractivity contribution in [1.82, 2.24) is 0 Å². The van der Waals surface area contributed by atoms with Crippen LogP contribution in [0.5, 0.6) is 11.5 Å². The second kappa shape index (κ2) is 6.34. The Morgan fingerprint density at radius 2 is 1.65 bits per heavy atom. The standard InChI is InChI=1S/C15H14F2O3/c1-19-11-3-5-12(6-4-11)20-9-15(18)10-2-7-13(16)14(17)8-10/h2-8,15,18H,9H2,1H3. The number of methoxy groups -OCH3 is 1. The lowest BCUT2D eigenvalue weighted by Gasteiger charge is -2.13. The molecule has 0 saturated heterocycles. The predicted molar refractivity (Wildman–Crippen MR) is 69.8 cm³/mol. The number of aliphatic hydroxyl groups is 1. The fourth-order valence-corrected chi connectivity index (χ4v) is 1.66. The molecule has 0 amide bonds. The maximum atomic E-state index is 13.0. The molecule has 0 aromatic heterocycles. The van der Waals surface area contributed by atoms with E-state index in [9.17, 15) is 13.9 Å². The molecule has 0 aliphatic rings. The normalized spacial score (nSPS) is 12.0. The van der Waals surface area contributed by atoms with Gasteiger partial charge in [0.2, 0.25) is 0 Å². The molecule has 0 fully saturated rings. The first-order valence-electron chi connectivity index (χ1n) is 6.00. The van der Waals surface area contributed by atoms with Crippen molar-refractivity contribution in [2.24, 2.45) is 0 Å². The summed E-state index contributed by atoms with van der Waals surface area (Å²) in [6, 6.07) is 10.1. The summed E-state index contributed by atoms with van der Waals surface area (Å²) in [6.45, 7) is -0.0581. The van der Waals surface area contributed by atoms with Gasteiger partial charge in [0.15, 0.2) is 11.6 Å². The minimum atomic E-state index is -1.03. The molecule has 1 atom stereocenters. The average Bonchev–Trinajstić information content (AvgIpc) is 2.48. The molecule has 3 nitrogen and oxygen atoms in total. The Balaban J connectivity index is 1.96. The molecular formula is C15H14F2O3. The smallest absolute Gasteiger partial charge is 0.159 e. The van der Waals surface area contributed by atoms with Crippen LogP contribution >= 0.6 is 0 Å². The highest BCUT2D eigenvalue weighted by Gasteiger charge is 2.11. The fourth-order valence-electron chi connectivity index (χ4n) is 1.66. The highest BCUT2D eigenvalue weighted by Crippen LogP contribution is 2.20. The van der Waals surface area contributed by atoms with Gasteiger partial charge in [0, 0.05) is 0 Å². The van der Waals surface area contributed by atoms with Crippen LogP contribution in [0.1, 0.15) is 11.7 Å². The molecular weight excluding hydrogens is 266 g/mol. The third-order valence-electron chi connectivity index (χ3n) is 2.80. The van der Waals surface area contributed by atoms with Crippen LogP contribution in [0.4, 0.5) is 8.78 Å². The molecule has 106 valence electrons. The van der Waals surface area contributed by atoms with Gasteiger partial charge in [0.25, 0.3) is 0 Å². The summed E-state index contributed by atoms with van der Waals surface area (Å²) >= 11 is 0. The van der Waals surface area contributed by atoms with Crippen LogP contribution in [-0.4, -0.2) is 18.8 Å². The second-order valence-corrected chi connectivity index (χ2v) is 4.18. The Bertz CT molecular complexity index is 570. The molecule has 0 aliphatic heterocycles. The third-order valence-corrected chi connectivity index (χ3v) is 2.80. The molecule has 2 aromatic carbocycles. The van der Waals surface area contributed by atoms with Crippen LogP contribution in [0, 0.1) is 11.6 Å². The van der Waals surface area contributed by atoms with Crippen LogP contribution in [-0.2, 0) is 0 Å². The van der Waals surface area contributed by atoms with E-state index in [1.807, 2.05) is 0 Å². The average molecular weight is 280 g/mol. The van der Waals surface area contributed by atoms with E-state index in [0.29, 0.717) is 11.5 Å². The lowest BCUT2D eigenvalue weighted by atomic mass is 10.1. The van der Waals surface area contributed by atoms with Gasteiger partial charge in [-0.25, -0.2) is 8.78 Å². The van der Waals surface area contributed by atoms with Gasteiger partial charge in [-0.3, -0.25) is 0 Å². The molecule has 0 spiro atoms. The molecule has 1 unspecified atom stereocenters. The summed E-state index contributed by atoms with van der Waals surface area (Å²) in [4.78, 5) is 0. The molecule has 5 heteroatoms. The van der Waals surface area contributed by atoms with Crippen molar-refractivity contribution in [3.05, 3.63) is 59.7 Å². The van der Waals surface area contributed by atoms with E-state index in [1.54, 1.807) is 31.4 Å². The Morgan fingerprint density at radius 3 is 2.25 bits per heavy atom. The first-order valence-corrected chi connectivity index (χ1v) is 6.00. The van der Waals surface area contributed by atoms with E-state index in [0.717, 1.165) is 12.1 Å². The van der Waals surface area contributed by atoms with Gasteiger partial charge in [-0.1, -0.05) is 6.07 Å². The van der Waals surface area contributed by atoms with E-state index >= 15 is 0 Å². The first-order chi connectivity index (χ1) is 9.60. The molecule has 2 rings (SSSR count). The highest BCUT2D eigenvalue weighted by molar-refractivity contribution is 5.31. The largest absolute Gasteiger partial charge is 0.497 e. The van der Waals surface area contributed by atoms with E-state index in [2.05, 4.69) is 0 Å². The van der Waals surface area contributed by atoms with Gasteiger partial charge in [0.05, 0.1) is 7.11 Å². The van der Waals surface area contributed by atoms with Crippen LogP contribution in [0.2, 0.25) is 0 Å². The number of hydrogen-bond donors (Lipinski definition) is 1. The molecule has 20 heavy (non-hydrogen) atoms. The van der Waals surface area contributed by atoms with Crippen LogP contribution in [0.3, 0.4) is 0 Å². The molecule has 2 aromatic rings. The SMILES string of the molecule is COc1ccc(OCC(O)c2ccc(F)c(F)c2)cc1. The Morgan fingerprint density at radius 1 is 1.00 bits per heavy atom. The number of rotatable bonds is 5. The van der Waals surface area contributed by atoms with E-state index < -0.39 is 17.7 Å². The number of benzene rings is 2. The maximum absolute atomic E-state index is 13.0. The monoisotopic (exact) mass is 280 g/mol. The lowest BCUT2D eigenvalue weighted by Crippen LogP contribution is -2.10. The van der Waals surface area contributed by atoms with Gasteiger partial charge < -0.3 is 14.6 Å². The molecule has 0 heterocycles. The van der Waals surface area contributed by atoms with E-state index in [1.165, 1.54) is 6.07 Å². The summed E-state index contributed by atoms with van der Waals surface area (Å²) in [6.07, 6.45) is -1.03. The van der Waals surface area contributed by atoms with Crippen LogP contribution < -0.4 is 9.47 Å². The molecule has 1 N–H and O–H groups in total. The minimum absolute atomic E-state index is 0.0581. The summed E-state index contributed by atoms with van der Waals surface area (Å²) in [5.41, 5.74) is 0.261. The van der Waals surface area contributed by atoms with Gasteiger partial charge in [-0.2, -0.15) is 0 Å². The van der Waals surface area contributed by atoms with E-state index in [4.69, 9.17) is 9.47 Å². The molecule has 0 radical (unpaired) electrons. The zero-order valence-electron chi connectivity index (χ0n) is 10.8. The Kier molecular flexibility index (Phi) is 4.53. The maximum Gasteiger partial charge on any atom is 0.159 e. The van der Waals surface area contributed by atoms with Gasteiger partial charge in [0.1, 0.15) is 24.2 Å². The van der Waals surface area contributed by atoms with Crippen molar-refractivity contribution in [3.63, 3.8) is 0 Å². The topological polar surface area (TPSA) is 38.7 Å². The summed E-state index contributed by atoms with van der Waals surface area (Å²) in [5, 5.41) is 9.86. The van der Waals surface area contributed by atoms with Gasteiger partial charge in [-0.15, -0.1) is 0 Å². The number of hydrogen-bond acceptors (Lipinski definition) is 3. The summed E-state index contributed by atoms with van der Waals surface area (Å²) in [5.74, 6) is -0.700. The van der Waals surface area contributed by atoms with Crippen molar-refractivity contribution in [2.45, 2.75) is 6.10 Å². The predicted octanol–water partition coefficient (Wildman–Crippen LogP) is 3.09. The minimum Gasteiger partial charge on any atom is -0.497 e. The lowest BCUT2D eigenvalue weighted by molar-refractivity contribution is 0.108. The first kappa shape index (κ1) is 14.3. The van der Waals surface area contributed by atoms with Crippen molar-refractivity contribution in [2.75, 3.05) is 13.7 Å². The van der Waals surface area contributed by atoms with Crippen LogP contribution in [0.15, 0.2) is 42.5 Å². The summed E-state index contributed by atoms with van der Waals surface area (Å²) < 4.78 is 36.2. The van der Waals surface area contributed by atoms with Crippen molar-refractivity contribution >= 4 is 0 Å². The second-order valence-electron chi connectivity index (χ2n) is 4.18. The molecule has 0 aliphatic carbocycles. The third kappa shape index (κ3) is 3.45. The number of halogens is 2. The van der Waals surface area contributed by atoms with Crippen LogP contribution in [0.25, 0.3) is 0 Å². The van der Waals surface area contributed by atoms with Crippen molar-refractivity contribution in [1.29, 1.82) is 0 Å². The van der Waals surface area contributed by atoms with Gasteiger partial charge >= 0.3 is 0 Å².